The second-order valence-electron chi connectivity index (χ2n) is 4.75. The van der Waals surface area contributed by atoms with Gasteiger partial charge in [-0.2, -0.15) is 0 Å². The van der Waals surface area contributed by atoms with Crippen molar-refractivity contribution in [2.24, 2.45) is 5.73 Å². The number of halogens is 1. The van der Waals surface area contributed by atoms with E-state index >= 15 is 0 Å². The SMILES string of the molecule is CCCN(c1cccc(F)c1[C@@H](C)N)C(C)C. The van der Waals surface area contributed by atoms with Gasteiger partial charge in [-0.05, 0) is 39.3 Å². The highest BCUT2D eigenvalue weighted by atomic mass is 19.1. The molecule has 17 heavy (non-hydrogen) atoms. The van der Waals surface area contributed by atoms with Crippen molar-refractivity contribution in [3.8, 4) is 0 Å². The monoisotopic (exact) mass is 238 g/mol. The molecule has 1 aromatic carbocycles. The maximum Gasteiger partial charge on any atom is 0.130 e. The number of nitrogens with zero attached hydrogens (tertiary/aromatic N) is 1. The van der Waals surface area contributed by atoms with Gasteiger partial charge in [0.1, 0.15) is 5.82 Å². The Bertz CT molecular complexity index is 361. The highest BCUT2D eigenvalue weighted by molar-refractivity contribution is 5.56. The Balaban J connectivity index is 3.22. The number of nitrogens with two attached hydrogens (primary N) is 1. The van der Waals surface area contributed by atoms with E-state index in [1.54, 1.807) is 6.07 Å². The van der Waals surface area contributed by atoms with Crippen LogP contribution in [-0.4, -0.2) is 12.6 Å². The number of hydrogen-bond acceptors (Lipinski definition) is 2. The molecular weight excluding hydrogens is 215 g/mol. The van der Waals surface area contributed by atoms with Crippen LogP contribution in [0.3, 0.4) is 0 Å². The quantitative estimate of drug-likeness (QED) is 0.851. The first kappa shape index (κ1) is 14.0. The van der Waals surface area contributed by atoms with Gasteiger partial charge < -0.3 is 10.6 Å². The Morgan fingerprint density at radius 1 is 1.29 bits per heavy atom. The van der Waals surface area contributed by atoms with E-state index in [0.717, 1.165) is 18.7 Å². The highest BCUT2D eigenvalue weighted by Gasteiger charge is 2.18. The molecule has 0 radical (unpaired) electrons. The molecule has 0 fully saturated rings. The minimum absolute atomic E-state index is 0.209. The summed E-state index contributed by atoms with van der Waals surface area (Å²) in [5.41, 5.74) is 7.43. The van der Waals surface area contributed by atoms with Gasteiger partial charge in [0.15, 0.2) is 0 Å². The van der Waals surface area contributed by atoms with Crippen LogP contribution in [0.25, 0.3) is 0 Å². The van der Waals surface area contributed by atoms with Crippen LogP contribution in [0.15, 0.2) is 18.2 Å². The molecule has 0 bridgehead atoms. The van der Waals surface area contributed by atoms with Crippen LogP contribution in [0.5, 0.6) is 0 Å². The Morgan fingerprint density at radius 3 is 2.41 bits per heavy atom. The minimum atomic E-state index is -0.288. The molecule has 0 unspecified atom stereocenters. The van der Waals surface area contributed by atoms with Crippen molar-refractivity contribution in [2.45, 2.75) is 46.2 Å². The van der Waals surface area contributed by atoms with Gasteiger partial charge in [-0.15, -0.1) is 0 Å². The van der Waals surface area contributed by atoms with E-state index in [-0.39, 0.29) is 11.9 Å². The maximum atomic E-state index is 13.9. The summed E-state index contributed by atoms with van der Waals surface area (Å²) in [4.78, 5) is 2.21. The second-order valence-corrected chi connectivity index (χ2v) is 4.75. The summed E-state index contributed by atoms with van der Waals surface area (Å²) in [5.74, 6) is -0.209. The molecule has 0 heterocycles. The Hall–Kier alpha value is -1.09. The van der Waals surface area contributed by atoms with Crippen molar-refractivity contribution in [1.82, 2.24) is 0 Å². The summed E-state index contributed by atoms with van der Waals surface area (Å²) >= 11 is 0. The van der Waals surface area contributed by atoms with Crippen LogP contribution in [0.1, 0.15) is 45.7 Å². The van der Waals surface area contributed by atoms with Gasteiger partial charge >= 0.3 is 0 Å². The largest absolute Gasteiger partial charge is 0.369 e. The predicted molar refractivity (Wildman–Crippen MR) is 71.8 cm³/mol. The highest BCUT2D eigenvalue weighted by Crippen LogP contribution is 2.29. The molecule has 1 aromatic rings. The molecule has 3 heteroatoms. The Morgan fingerprint density at radius 2 is 1.94 bits per heavy atom. The van der Waals surface area contributed by atoms with Gasteiger partial charge in [0.05, 0.1) is 0 Å². The summed E-state index contributed by atoms with van der Waals surface area (Å²) in [6, 6.07) is 5.24. The van der Waals surface area contributed by atoms with Crippen LogP contribution in [0.4, 0.5) is 10.1 Å². The van der Waals surface area contributed by atoms with E-state index in [9.17, 15) is 4.39 Å². The predicted octanol–water partition coefficient (Wildman–Crippen LogP) is 3.47. The molecule has 0 aromatic heterocycles. The summed E-state index contributed by atoms with van der Waals surface area (Å²) in [7, 11) is 0. The minimum Gasteiger partial charge on any atom is -0.369 e. The van der Waals surface area contributed by atoms with Gasteiger partial charge in [0.2, 0.25) is 0 Å². The van der Waals surface area contributed by atoms with E-state index in [4.69, 9.17) is 5.73 Å². The second kappa shape index (κ2) is 6.01. The molecule has 0 spiro atoms. The van der Waals surface area contributed by atoms with E-state index in [1.807, 2.05) is 13.0 Å². The van der Waals surface area contributed by atoms with Crippen molar-refractivity contribution >= 4 is 5.69 Å². The van der Waals surface area contributed by atoms with E-state index in [1.165, 1.54) is 6.07 Å². The fraction of sp³-hybridized carbons (Fsp3) is 0.571. The van der Waals surface area contributed by atoms with Gasteiger partial charge in [0, 0.05) is 29.9 Å². The number of anilines is 1. The van der Waals surface area contributed by atoms with Gasteiger partial charge in [-0.25, -0.2) is 4.39 Å². The molecular formula is C14H23FN2. The smallest absolute Gasteiger partial charge is 0.130 e. The van der Waals surface area contributed by atoms with Crippen LogP contribution >= 0.6 is 0 Å². The fourth-order valence-corrected chi connectivity index (χ4v) is 2.12. The average molecular weight is 238 g/mol. The third kappa shape index (κ3) is 3.19. The molecule has 2 N–H and O–H groups in total. The first-order chi connectivity index (χ1) is 7.99. The van der Waals surface area contributed by atoms with Crippen molar-refractivity contribution < 1.29 is 4.39 Å². The van der Waals surface area contributed by atoms with Crippen LogP contribution in [0, 0.1) is 5.82 Å². The summed E-state index contributed by atoms with van der Waals surface area (Å²) in [6.07, 6.45) is 1.03. The van der Waals surface area contributed by atoms with Gasteiger partial charge in [-0.1, -0.05) is 13.0 Å². The molecule has 0 aliphatic rings. The van der Waals surface area contributed by atoms with Crippen LogP contribution in [-0.2, 0) is 0 Å². The third-order valence-electron chi connectivity index (χ3n) is 2.88. The van der Waals surface area contributed by atoms with E-state index in [0.29, 0.717) is 11.6 Å². The van der Waals surface area contributed by atoms with Crippen LogP contribution in [0.2, 0.25) is 0 Å². The standard InChI is InChI=1S/C14H23FN2/c1-5-9-17(10(2)3)13-8-6-7-12(15)14(13)11(4)16/h6-8,10-11H,5,9,16H2,1-4H3/t11-/m1/s1. The zero-order valence-electron chi connectivity index (χ0n) is 11.2. The Kier molecular flexibility index (Phi) is 4.94. The molecule has 0 amide bonds. The van der Waals surface area contributed by atoms with E-state index in [2.05, 4.69) is 25.7 Å². The lowest BCUT2D eigenvalue weighted by atomic mass is 10.0. The molecule has 96 valence electrons. The molecule has 1 rings (SSSR count). The van der Waals surface area contributed by atoms with Crippen LogP contribution < -0.4 is 10.6 Å². The van der Waals surface area contributed by atoms with Crippen molar-refractivity contribution in [2.75, 3.05) is 11.4 Å². The topological polar surface area (TPSA) is 29.3 Å². The lowest BCUT2D eigenvalue weighted by molar-refractivity contribution is 0.585. The molecule has 0 aliphatic heterocycles. The molecule has 0 saturated heterocycles. The van der Waals surface area contributed by atoms with Gasteiger partial charge in [-0.3, -0.25) is 0 Å². The third-order valence-corrected chi connectivity index (χ3v) is 2.88. The normalized spacial score (nSPS) is 12.9. The van der Waals surface area contributed by atoms with Crippen molar-refractivity contribution in [1.29, 1.82) is 0 Å². The summed E-state index contributed by atoms with van der Waals surface area (Å²) < 4.78 is 13.9. The van der Waals surface area contributed by atoms with Gasteiger partial charge in [0.25, 0.3) is 0 Å². The van der Waals surface area contributed by atoms with Crippen molar-refractivity contribution in [3.05, 3.63) is 29.6 Å². The number of benzene rings is 1. The summed E-state index contributed by atoms with van der Waals surface area (Å²) in [5, 5.41) is 0. The molecule has 0 aliphatic carbocycles. The lowest BCUT2D eigenvalue weighted by Gasteiger charge is -2.31. The van der Waals surface area contributed by atoms with Crippen molar-refractivity contribution in [3.63, 3.8) is 0 Å². The zero-order valence-corrected chi connectivity index (χ0v) is 11.2. The summed E-state index contributed by atoms with van der Waals surface area (Å²) in [6.45, 7) is 9.10. The number of hydrogen-bond donors (Lipinski definition) is 1. The lowest BCUT2D eigenvalue weighted by Crippen LogP contribution is -2.33. The van der Waals surface area contributed by atoms with E-state index < -0.39 is 0 Å². The number of rotatable bonds is 5. The fourth-order valence-electron chi connectivity index (χ4n) is 2.12. The molecule has 2 nitrogen and oxygen atoms in total. The average Bonchev–Trinajstić information content (AvgIpc) is 2.24. The maximum absolute atomic E-state index is 13.9. The first-order valence-electron chi connectivity index (χ1n) is 6.29. The zero-order chi connectivity index (χ0) is 13.0. The first-order valence-corrected chi connectivity index (χ1v) is 6.29. The molecule has 1 atom stereocenters. The molecule has 0 saturated carbocycles. The Labute approximate surface area is 104 Å².